The molecular weight excluding hydrogens is 310 g/mol. The molecule has 0 bridgehead atoms. The van der Waals surface area contributed by atoms with Crippen LogP contribution in [0.25, 0.3) is 0 Å². The fraction of sp³-hybridized carbons (Fsp3) is 0.706. The van der Waals surface area contributed by atoms with Crippen LogP contribution >= 0.6 is 0 Å². The monoisotopic (exact) mass is 339 g/mol. The van der Waals surface area contributed by atoms with E-state index in [0.29, 0.717) is 13.1 Å². The van der Waals surface area contributed by atoms with E-state index in [1.807, 2.05) is 4.90 Å². The van der Waals surface area contributed by atoms with Crippen LogP contribution in [-0.4, -0.2) is 47.3 Å². The van der Waals surface area contributed by atoms with Crippen molar-refractivity contribution in [3.63, 3.8) is 0 Å². The first-order valence-corrected chi connectivity index (χ1v) is 8.09. The lowest BCUT2D eigenvalue weighted by molar-refractivity contribution is 0.0554. The molecule has 0 aromatic rings. The van der Waals surface area contributed by atoms with Gasteiger partial charge in [-0.25, -0.2) is 9.59 Å². The number of amides is 2. The molecule has 1 N–H and O–H groups in total. The number of piperidine rings is 1. The highest BCUT2D eigenvalue weighted by molar-refractivity contribution is 5.99. The lowest BCUT2D eigenvalue weighted by atomic mass is 10.1. The Kier molecular flexibility index (Phi) is 6.40. The Morgan fingerprint density at radius 2 is 1.54 bits per heavy atom. The number of hydrogen-bond acceptors (Lipinski definition) is 4. The van der Waals surface area contributed by atoms with Gasteiger partial charge in [-0.3, -0.25) is 5.32 Å². The van der Waals surface area contributed by atoms with E-state index >= 15 is 0 Å². The Morgan fingerprint density at radius 3 is 2.00 bits per heavy atom. The number of aliphatic imine (C=N–C) groups is 1. The van der Waals surface area contributed by atoms with Crippen LogP contribution in [0.2, 0.25) is 0 Å². The SMILES string of the molecule is C=C1CCN(/C(=N/C(=O)OC(C)(C)C)NC(=O)OC(C)(C)C)CC1. The number of alkyl carbamates (subject to hydrolysis) is 1. The van der Waals surface area contributed by atoms with E-state index in [0.717, 1.165) is 18.4 Å². The Bertz CT molecular complexity index is 517. The van der Waals surface area contributed by atoms with Crippen LogP contribution in [-0.2, 0) is 9.47 Å². The van der Waals surface area contributed by atoms with Crippen LogP contribution in [0.15, 0.2) is 17.1 Å². The van der Waals surface area contributed by atoms with Crippen molar-refractivity contribution in [2.24, 2.45) is 4.99 Å². The number of nitrogens with zero attached hydrogens (tertiary/aromatic N) is 2. The van der Waals surface area contributed by atoms with Gasteiger partial charge < -0.3 is 14.4 Å². The molecule has 1 fully saturated rings. The molecule has 2 amide bonds. The summed E-state index contributed by atoms with van der Waals surface area (Å²) in [5.74, 6) is 0.144. The summed E-state index contributed by atoms with van der Waals surface area (Å²) in [5.41, 5.74) is -0.161. The van der Waals surface area contributed by atoms with Gasteiger partial charge in [0.15, 0.2) is 0 Å². The number of rotatable bonds is 0. The zero-order valence-electron chi connectivity index (χ0n) is 15.6. The number of nitrogens with one attached hydrogen (secondary N) is 1. The predicted octanol–water partition coefficient (Wildman–Crippen LogP) is 3.45. The molecule has 136 valence electrons. The van der Waals surface area contributed by atoms with Gasteiger partial charge in [-0.05, 0) is 54.4 Å². The third kappa shape index (κ3) is 7.99. The second-order valence-electron chi connectivity index (χ2n) is 7.78. The molecule has 24 heavy (non-hydrogen) atoms. The van der Waals surface area contributed by atoms with Crippen molar-refractivity contribution in [2.45, 2.75) is 65.6 Å². The molecule has 1 aliphatic heterocycles. The second kappa shape index (κ2) is 7.68. The highest BCUT2D eigenvalue weighted by atomic mass is 16.6. The number of likely N-dealkylation sites (tertiary alicyclic amines) is 1. The molecule has 7 heteroatoms. The lowest BCUT2D eigenvalue weighted by Gasteiger charge is -2.31. The maximum absolute atomic E-state index is 12.0. The van der Waals surface area contributed by atoms with Crippen molar-refractivity contribution in [1.82, 2.24) is 10.2 Å². The molecule has 1 heterocycles. The largest absolute Gasteiger partial charge is 0.444 e. The zero-order valence-corrected chi connectivity index (χ0v) is 15.6. The first-order chi connectivity index (χ1) is 10.9. The molecule has 0 atom stereocenters. The summed E-state index contributed by atoms with van der Waals surface area (Å²) in [7, 11) is 0. The summed E-state index contributed by atoms with van der Waals surface area (Å²) in [6.45, 7) is 15.8. The molecule has 1 rings (SSSR count). The van der Waals surface area contributed by atoms with E-state index in [9.17, 15) is 9.59 Å². The number of ether oxygens (including phenoxy) is 2. The van der Waals surface area contributed by atoms with E-state index in [-0.39, 0.29) is 5.96 Å². The van der Waals surface area contributed by atoms with E-state index in [1.54, 1.807) is 41.5 Å². The standard InChI is InChI=1S/C17H29N3O4/c1-12-8-10-20(11-9-12)13(18-14(21)23-16(2,3)4)19-15(22)24-17(5,6)7/h1,8-11H2,2-7H3,(H,18,19,21,22). The molecule has 0 spiro atoms. The maximum Gasteiger partial charge on any atom is 0.437 e. The summed E-state index contributed by atoms with van der Waals surface area (Å²) < 4.78 is 10.4. The minimum atomic E-state index is -0.752. The third-order valence-electron chi connectivity index (χ3n) is 2.97. The average Bonchev–Trinajstić information content (AvgIpc) is 2.34. The number of hydrogen-bond donors (Lipinski definition) is 1. The fourth-order valence-corrected chi connectivity index (χ4v) is 1.98. The first kappa shape index (κ1) is 20.0. The summed E-state index contributed by atoms with van der Waals surface area (Å²) in [6, 6.07) is 0. The quantitative estimate of drug-likeness (QED) is 0.415. The summed E-state index contributed by atoms with van der Waals surface area (Å²) >= 11 is 0. The number of carbonyl (C=O) groups excluding carboxylic acids is 2. The van der Waals surface area contributed by atoms with Gasteiger partial charge in [0.25, 0.3) is 0 Å². The van der Waals surface area contributed by atoms with Crippen LogP contribution in [0, 0.1) is 0 Å². The van der Waals surface area contributed by atoms with Crippen LogP contribution in [0.3, 0.4) is 0 Å². The van der Waals surface area contributed by atoms with Gasteiger partial charge in [0, 0.05) is 13.1 Å². The normalized spacial score (nSPS) is 16.7. The summed E-state index contributed by atoms with van der Waals surface area (Å²) in [4.78, 5) is 29.8. The molecule has 0 aromatic heterocycles. The fourth-order valence-electron chi connectivity index (χ4n) is 1.98. The van der Waals surface area contributed by atoms with Crippen molar-refractivity contribution in [1.29, 1.82) is 0 Å². The van der Waals surface area contributed by atoms with Gasteiger partial charge in [0.1, 0.15) is 11.2 Å². The minimum absolute atomic E-state index is 0.144. The van der Waals surface area contributed by atoms with Crippen molar-refractivity contribution in [2.75, 3.05) is 13.1 Å². The first-order valence-electron chi connectivity index (χ1n) is 8.09. The molecule has 0 unspecified atom stereocenters. The van der Waals surface area contributed by atoms with Crippen LogP contribution in [0.1, 0.15) is 54.4 Å². The molecule has 1 aliphatic rings. The molecular formula is C17H29N3O4. The van der Waals surface area contributed by atoms with E-state index in [4.69, 9.17) is 9.47 Å². The Morgan fingerprint density at radius 1 is 1.04 bits per heavy atom. The van der Waals surface area contributed by atoms with Gasteiger partial charge in [-0.1, -0.05) is 12.2 Å². The van der Waals surface area contributed by atoms with Gasteiger partial charge in [0.05, 0.1) is 0 Å². The zero-order chi connectivity index (χ0) is 18.5. The Hall–Kier alpha value is -2.05. The van der Waals surface area contributed by atoms with E-state index < -0.39 is 23.4 Å². The molecule has 0 aromatic carbocycles. The Balaban J connectivity index is 2.88. The lowest BCUT2D eigenvalue weighted by Crippen LogP contribution is -2.48. The summed E-state index contributed by atoms with van der Waals surface area (Å²) in [6.07, 6.45) is 0.152. The number of carbonyl (C=O) groups is 2. The van der Waals surface area contributed by atoms with Crippen LogP contribution < -0.4 is 5.32 Å². The van der Waals surface area contributed by atoms with Crippen molar-refractivity contribution in [3.8, 4) is 0 Å². The van der Waals surface area contributed by atoms with Gasteiger partial charge in [0.2, 0.25) is 5.96 Å². The third-order valence-corrected chi connectivity index (χ3v) is 2.97. The molecule has 7 nitrogen and oxygen atoms in total. The topological polar surface area (TPSA) is 80.2 Å². The van der Waals surface area contributed by atoms with Crippen LogP contribution in [0.4, 0.5) is 9.59 Å². The van der Waals surface area contributed by atoms with Crippen molar-refractivity contribution in [3.05, 3.63) is 12.2 Å². The predicted molar refractivity (Wildman–Crippen MR) is 93.0 cm³/mol. The molecule has 0 radical (unpaired) electrons. The molecule has 0 aliphatic carbocycles. The van der Waals surface area contributed by atoms with Gasteiger partial charge >= 0.3 is 12.2 Å². The molecule has 0 saturated carbocycles. The maximum atomic E-state index is 12.0. The molecule has 1 saturated heterocycles. The summed E-state index contributed by atoms with van der Waals surface area (Å²) in [5, 5.41) is 2.56. The second-order valence-corrected chi connectivity index (χ2v) is 7.78. The Labute approximate surface area is 144 Å². The van der Waals surface area contributed by atoms with E-state index in [1.165, 1.54) is 0 Å². The van der Waals surface area contributed by atoms with Gasteiger partial charge in [-0.15, -0.1) is 4.99 Å². The number of guanidine groups is 1. The van der Waals surface area contributed by atoms with Crippen molar-refractivity contribution < 1.29 is 19.1 Å². The highest BCUT2D eigenvalue weighted by Gasteiger charge is 2.24. The van der Waals surface area contributed by atoms with Crippen LogP contribution in [0.5, 0.6) is 0 Å². The van der Waals surface area contributed by atoms with Gasteiger partial charge in [-0.2, -0.15) is 0 Å². The smallest absolute Gasteiger partial charge is 0.437 e. The van der Waals surface area contributed by atoms with E-state index in [2.05, 4.69) is 16.9 Å². The van der Waals surface area contributed by atoms with Crippen molar-refractivity contribution >= 4 is 18.1 Å². The average molecular weight is 339 g/mol. The minimum Gasteiger partial charge on any atom is -0.444 e. The highest BCUT2D eigenvalue weighted by Crippen LogP contribution is 2.15.